The van der Waals surface area contributed by atoms with E-state index in [0.29, 0.717) is 23.8 Å². The summed E-state index contributed by atoms with van der Waals surface area (Å²) in [5.74, 6) is 0.00141. The fourth-order valence-electron chi connectivity index (χ4n) is 9.59. The molecule has 43 heavy (non-hydrogen) atoms. The van der Waals surface area contributed by atoms with E-state index in [0.717, 1.165) is 22.3 Å². The molecule has 4 heteroatoms. The minimum atomic E-state index is -1.69. The van der Waals surface area contributed by atoms with Gasteiger partial charge < -0.3 is 14.9 Å². The topological polar surface area (TPSA) is 66.8 Å². The number of ether oxygens (including phenoxy) is 1. The number of hydrogen-bond donors (Lipinski definition) is 2. The minimum absolute atomic E-state index is 0.0860. The van der Waals surface area contributed by atoms with Gasteiger partial charge in [-0.25, -0.2) is 0 Å². The Morgan fingerprint density at radius 2 is 1.33 bits per heavy atom. The molecule has 0 saturated heterocycles. The predicted octanol–water partition coefficient (Wildman–Crippen LogP) is 6.86. The van der Waals surface area contributed by atoms with E-state index >= 15 is 0 Å². The summed E-state index contributed by atoms with van der Waals surface area (Å²) in [6, 6.07) is 30.8. The molecule has 0 amide bonds. The Labute approximate surface area is 255 Å². The van der Waals surface area contributed by atoms with E-state index in [1.54, 1.807) is 6.92 Å². The quantitative estimate of drug-likeness (QED) is 0.249. The van der Waals surface area contributed by atoms with Gasteiger partial charge in [0.2, 0.25) is 0 Å². The molecule has 3 aromatic rings. The molecule has 2 unspecified atom stereocenters. The highest BCUT2D eigenvalue weighted by Crippen LogP contribution is 2.73. The summed E-state index contributed by atoms with van der Waals surface area (Å²) < 4.78 is 7.18. The zero-order chi connectivity index (χ0) is 30.2. The van der Waals surface area contributed by atoms with Gasteiger partial charge in [0.15, 0.2) is 5.78 Å². The summed E-state index contributed by atoms with van der Waals surface area (Å²) >= 11 is 0. The molecule has 0 aliphatic heterocycles. The number of aliphatic hydroxyl groups is 2. The second kappa shape index (κ2) is 9.85. The number of carbonyl (C=O) groups is 1. The van der Waals surface area contributed by atoms with Crippen molar-refractivity contribution in [1.82, 2.24) is 0 Å². The Bertz CT molecular complexity index is 1490. The number of Topliss-reactive ketones (excluding diaryl/α,β-unsaturated/α-hetero) is 1. The van der Waals surface area contributed by atoms with Crippen LogP contribution in [0.5, 0.6) is 0 Å². The summed E-state index contributed by atoms with van der Waals surface area (Å²) in [7, 11) is 0. The maximum Gasteiger partial charge on any atom is 0.190 e. The number of rotatable bonds is 6. The lowest BCUT2D eigenvalue weighted by molar-refractivity contribution is -0.159. The predicted molar refractivity (Wildman–Crippen MR) is 168 cm³/mol. The third-order valence-corrected chi connectivity index (χ3v) is 11.4. The second-order valence-electron chi connectivity index (χ2n) is 14.2. The van der Waals surface area contributed by atoms with Crippen LogP contribution in [0, 0.1) is 35.0 Å². The van der Waals surface area contributed by atoms with Crippen molar-refractivity contribution in [2.45, 2.75) is 57.3 Å². The van der Waals surface area contributed by atoms with Crippen molar-refractivity contribution in [3.8, 4) is 0 Å². The summed E-state index contributed by atoms with van der Waals surface area (Å²) in [4.78, 5) is 13.6. The average molecular weight is 575 g/mol. The maximum atomic E-state index is 13.6. The van der Waals surface area contributed by atoms with Crippen LogP contribution in [0.3, 0.4) is 0 Å². The Morgan fingerprint density at radius 1 is 0.814 bits per heavy atom. The number of ketones is 1. The van der Waals surface area contributed by atoms with Crippen molar-refractivity contribution in [1.29, 1.82) is 0 Å². The molecule has 0 heterocycles. The first kappa shape index (κ1) is 28.5. The first-order chi connectivity index (χ1) is 20.5. The Kier molecular flexibility index (Phi) is 6.52. The maximum absolute atomic E-state index is 13.6. The van der Waals surface area contributed by atoms with Crippen molar-refractivity contribution in [2.24, 2.45) is 35.0 Å². The zero-order valence-corrected chi connectivity index (χ0v) is 25.5. The van der Waals surface area contributed by atoms with Gasteiger partial charge in [-0.1, -0.05) is 124 Å². The van der Waals surface area contributed by atoms with Gasteiger partial charge >= 0.3 is 0 Å². The van der Waals surface area contributed by atoms with E-state index in [4.69, 9.17) is 4.74 Å². The molecule has 4 aliphatic carbocycles. The van der Waals surface area contributed by atoms with Crippen molar-refractivity contribution in [3.63, 3.8) is 0 Å². The van der Waals surface area contributed by atoms with Gasteiger partial charge in [-0.3, -0.25) is 4.79 Å². The Hall–Kier alpha value is -3.31. The van der Waals surface area contributed by atoms with Crippen molar-refractivity contribution in [3.05, 3.63) is 131 Å². The van der Waals surface area contributed by atoms with Crippen LogP contribution in [0.1, 0.15) is 57.2 Å². The summed E-state index contributed by atoms with van der Waals surface area (Å²) in [5, 5.41) is 24.8. The van der Waals surface area contributed by atoms with Crippen LogP contribution in [0.2, 0.25) is 0 Å². The van der Waals surface area contributed by atoms with Gasteiger partial charge in [0.05, 0.1) is 12.2 Å². The lowest BCUT2D eigenvalue weighted by atomic mass is 9.63. The van der Waals surface area contributed by atoms with E-state index in [1.165, 1.54) is 0 Å². The van der Waals surface area contributed by atoms with Gasteiger partial charge in [0.25, 0.3) is 0 Å². The number of benzene rings is 3. The van der Waals surface area contributed by atoms with Crippen LogP contribution in [0.4, 0.5) is 0 Å². The van der Waals surface area contributed by atoms with Crippen molar-refractivity contribution >= 4 is 5.78 Å². The van der Waals surface area contributed by atoms with Crippen LogP contribution in [0.25, 0.3) is 0 Å². The Balaban J connectivity index is 1.36. The average Bonchev–Trinajstić information content (AvgIpc) is 3.54. The molecule has 4 aliphatic rings. The lowest BCUT2D eigenvalue weighted by Crippen LogP contribution is -2.57. The van der Waals surface area contributed by atoms with Crippen LogP contribution in [-0.4, -0.2) is 33.8 Å². The fourth-order valence-corrected chi connectivity index (χ4v) is 9.59. The molecular weight excluding hydrogens is 532 g/mol. The lowest BCUT2D eigenvalue weighted by Gasteiger charge is -2.47. The molecule has 0 radical (unpaired) electrons. The number of carbonyl (C=O) groups excluding carboxylic acids is 1. The molecule has 7 atom stereocenters. The van der Waals surface area contributed by atoms with Gasteiger partial charge in [-0.15, -0.1) is 0 Å². The largest absolute Gasteiger partial charge is 0.389 e. The van der Waals surface area contributed by atoms with Gasteiger partial charge in [-0.05, 0) is 64.3 Å². The molecule has 222 valence electrons. The van der Waals surface area contributed by atoms with Gasteiger partial charge in [0, 0.05) is 18.3 Å². The van der Waals surface area contributed by atoms with Crippen molar-refractivity contribution in [2.75, 3.05) is 6.61 Å². The van der Waals surface area contributed by atoms with E-state index < -0.39 is 22.7 Å². The van der Waals surface area contributed by atoms with Crippen molar-refractivity contribution < 1.29 is 19.7 Å². The molecule has 3 aromatic carbocycles. The molecule has 2 saturated carbocycles. The molecule has 2 N–H and O–H groups in total. The standard InChI is InChI=1S/C39H42O4/c1-25-20-32-37(41)22-26(2)33-34(36(33,3)4)31(37)21-27(23-38(32,42)35(25)40)24-43-39(28-14-8-5-9-15-28,29-16-10-6-11-17-29)30-18-12-7-13-19-30/h5-21,26,31-34,41-42H,22-24H2,1-4H3/t26-,31+,32+,33?,34+,37-,38?/m1/s1. The van der Waals surface area contributed by atoms with E-state index in [-0.39, 0.29) is 36.1 Å². The summed E-state index contributed by atoms with van der Waals surface area (Å²) in [6.07, 6.45) is 4.76. The summed E-state index contributed by atoms with van der Waals surface area (Å²) in [6.45, 7) is 8.81. The van der Waals surface area contributed by atoms with Crippen LogP contribution in [-0.2, 0) is 15.1 Å². The molecule has 0 aromatic heterocycles. The highest BCUT2D eigenvalue weighted by Gasteiger charge is 2.73. The SMILES string of the molecule is CC1=C[C@@H]2C(O)(CC(COC(c3ccccc3)(c3ccccc3)c3ccccc3)=C[C@H]3[C@H]4C([C@H](C)C[C@]23O)C4(C)C)C1=O. The first-order valence-corrected chi connectivity index (χ1v) is 15.7. The third kappa shape index (κ3) is 4.10. The molecule has 0 spiro atoms. The molecule has 0 bridgehead atoms. The Morgan fingerprint density at radius 3 is 1.84 bits per heavy atom. The highest BCUT2D eigenvalue weighted by molar-refractivity contribution is 6.04. The van der Waals surface area contributed by atoms with E-state index in [1.807, 2.05) is 60.7 Å². The number of hydrogen-bond acceptors (Lipinski definition) is 4. The smallest absolute Gasteiger partial charge is 0.190 e. The number of fused-ring (bicyclic) bond motifs is 5. The normalized spacial score (nSPS) is 34.3. The van der Waals surface area contributed by atoms with Crippen LogP contribution in [0.15, 0.2) is 114 Å². The van der Waals surface area contributed by atoms with Crippen LogP contribution < -0.4 is 0 Å². The third-order valence-electron chi connectivity index (χ3n) is 11.4. The van der Waals surface area contributed by atoms with E-state index in [9.17, 15) is 15.0 Å². The molecule has 2 fully saturated rings. The summed E-state index contributed by atoms with van der Waals surface area (Å²) in [5.41, 5.74) is 0.676. The van der Waals surface area contributed by atoms with E-state index in [2.05, 4.69) is 63.2 Å². The zero-order valence-electron chi connectivity index (χ0n) is 25.5. The minimum Gasteiger partial charge on any atom is -0.389 e. The molecular formula is C39H42O4. The molecule has 7 rings (SSSR count). The first-order valence-electron chi connectivity index (χ1n) is 15.7. The van der Waals surface area contributed by atoms with Gasteiger partial charge in [-0.2, -0.15) is 0 Å². The molecule has 4 nitrogen and oxygen atoms in total. The second-order valence-corrected chi connectivity index (χ2v) is 14.2. The monoisotopic (exact) mass is 574 g/mol. The van der Waals surface area contributed by atoms with Gasteiger partial charge in [0.1, 0.15) is 11.2 Å². The fraction of sp³-hybridized carbons (Fsp3) is 0.410. The van der Waals surface area contributed by atoms with Crippen LogP contribution >= 0.6 is 0 Å². The highest BCUT2D eigenvalue weighted by atomic mass is 16.5.